The number of ether oxygens (including phenoxy) is 1. The first-order valence-corrected chi connectivity index (χ1v) is 10.9. The van der Waals surface area contributed by atoms with Crippen molar-refractivity contribution in [3.05, 3.63) is 60.3 Å². The van der Waals surface area contributed by atoms with Gasteiger partial charge in [-0.2, -0.15) is 0 Å². The van der Waals surface area contributed by atoms with Crippen LogP contribution in [0, 0.1) is 0 Å². The van der Waals surface area contributed by atoms with Crippen molar-refractivity contribution in [2.75, 3.05) is 51.3 Å². The van der Waals surface area contributed by atoms with E-state index >= 15 is 0 Å². The predicted octanol–water partition coefficient (Wildman–Crippen LogP) is 1.37. The highest BCUT2D eigenvalue weighted by Crippen LogP contribution is 2.28. The van der Waals surface area contributed by atoms with Gasteiger partial charge in [-0.3, -0.25) is 14.4 Å². The minimum Gasteiger partial charge on any atom is -0.495 e. The van der Waals surface area contributed by atoms with Crippen molar-refractivity contribution >= 4 is 34.3 Å². The fourth-order valence-electron chi connectivity index (χ4n) is 3.90. The average Bonchev–Trinajstić information content (AvgIpc) is 3.30. The van der Waals surface area contributed by atoms with Gasteiger partial charge in [0.15, 0.2) is 0 Å². The van der Waals surface area contributed by atoms with Crippen LogP contribution in [0.4, 0.5) is 5.69 Å². The van der Waals surface area contributed by atoms with Crippen molar-refractivity contribution in [2.45, 2.75) is 0 Å². The van der Waals surface area contributed by atoms with Crippen LogP contribution in [-0.4, -0.2) is 74.0 Å². The maximum Gasteiger partial charge on any atom is 0.312 e. The van der Waals surface area contributed by atoms with Gasteiger partial charge in [-0.05, 0) is 24.3 Å². The molecule has 1 fully saturated rings. The molecule has 0 saturated carbocycles. The minimum atomic E-state index is -0.666. The minimum absolute atomic E-state index is 0.164. The van der Waals surface area contributed by atoms with Crippen LogP contribution in [0.3, 0.4) is 0 Å². The lowest BCUT2D eigenvalue weighted by Crippen LogP contribution is -2.53. The van der Waals surface area contributed by atoms with Crippen molar-refractivity contribution in [3.8, 4) is 5.75 Å². The summed E-state index contributed by atoms with van der Waals surface area (Å²) in [5.41, 5.74) is 2.31. The highest BCUT2D eigenvalue weighted by molar-refractivity contribution is 6.35. The fourth-order valence-corrected chi connectivity index (χ4v) is 3.90. The van der Waals surface area contributed by atoms with E-state index in [1.807, 2.05) is 48.5 Å². The van der Waals surface area contributed by atoms with Crippen LogP contribution in [0.2, 0.25) is 0 Å². The van der Waals surface area contributed by atoms with Gasteiger partial charge in [0.2, 0.25) is 0 Å². The molecular formula is C24H27N5O4. The van der Waals surface area contributed by atoms with Crippen molar-refractivity contribution in [1.82, 2.24) is 20.5 Å². The number of para-hydroxylation sites is 3. The number of benzene rings is 2. The number of nitrogens with zero attached hydrogens (tertiary/aromatic N) is 2. The van der Waals surface area contributed by atoms with Crippen molar-refractivity contribution < 1.29 is 19.1 Å². The van der Waals surface area contributed by atoms with Crippen LogP contribution in [0.25, 0.3) is 10.9 Å². The largest absolute Gasteiger partial charge is 0.495 e. The average molecular weight is 450 g/mol. The standard InChI is InChI=1S/C24H27N5O4/c1-33-21-9-5-4-8-20(21)28-12-14-29(15-13-28)24(32)23(31)26-11-10-25-22(30)19-16-17-6-2-3-7-18(17)27-19/h2-9,16,27H,10-15H2,1H3,(H,25,30)(H,26,31). The zero-order chi connectivity index (χ0) is 23.2. The molecule has 1 aromatic heterocycles. The quantitative estimate of drug-likeness (QED) is 0.389. The molecule has 1 aliphatic heterocycles. The Labute approximate surface area is 191 Å². The number of H-pyrrole nitrogens is 1. The molecule has 0 unspecified atom stereocenters. The molecule has 172 valence electrons. The highest BCUT2D eigenvalue weighted by atomic mass is 16.5. The van der Waals surface area contributed by atoms with Crippen LogP contribution in [-0.2, 0) is 9.59 Å². The predicted molar refractivity (Wildman–Crippen MR) is 125 cm³/mol. The van der Waals surface area contributed by atoms with E-state index in [0.29, 0.717) is 31.9 Å². The van der Waals surface area contributed by atoms with Gasteiger partial charge in [0.05, 0.1) is 12.8 Å². The van der Waals surface area contributed by atoms with Crippen LogP contribution < -0.4 is 20.3 Å². The summed E-state index contributed by atoms with van der Waals surface area (Å²) in [7, 11) is 1.63. The topological polar surface area (TPSA) is 107 Å². The first kappa shape index (κ1) is 22.2. The Bertz CT molecular complexity index is 1120. The number of carbonyl (C=O) groups excluding carboxylic acids is 3. The molecule has 1 saturated heterocycles. The van der Waals surface area contributed by atoms with Gasteiger partial charge < -0.3 is 30.2 Å². The Morgan fingerprint density at radius 3 is 2.39 bits per heavy atom. The zero-order valence-corrected chi connectivity index (χ0v) is 18.5. The molecule has 0 aliphatic carbocycles. The molecule has 33 heavy (non-hydrogen) atoms. The molecular weight excluding hydrogens is 422 g/mol. The maximum atomic E-state index is 12.5. The number of amides is 3. The number of hydrogen-bond donors (Lipinski definition) is 3. The third kappa shape index (κ3) is 5.08. The number of hydrogen-bond acceptors (Lipinski definition) is 5. The van der Waals surface area contributed by atoms with Gasteiger partial charge in [-0.25, -0.2) is 0 Å². The van der Waals surface area contributed by atoms with E-state index in [9.17, 15) is 14.4 Å². The Morgan fingerprint density at radius 1 is 0.939 bits per heavy atom. The monoisotopic (exact) mass is 449 g/mol. The number of piperazine rings is 1. The van der Waals surface area contributed by atoms with Crippen LogP contribution in [0.5, 0.6) is 5.75 Å². The molecule has 0 radical (unpaired) electrons. The van der Waals surface area contributed by atoms with Gasteiger partial charge >= 0.3 is 11.8 Å². The molecule has 2 aromatic carbocycles. The summed E-state index contributed by atoms with van der Waals surface area (Å²) < 4.78 is 5.41. The first-order valence-electron chi connectivity index (χ1n) is 10.9. The van der Waals surface area contributed by atoms with E-state index in [2.05, 4.69) is 20.5 Å². The number of fused-ring (bicyclic) bond motifs is 1. The summed E-state index contributed by atoms with van der Waals surface area (Å²) in [5.74, 6) is -0.707. The highest BCUT2D eigenvalue weighted by Gasteiger charge is 2.26. The van der Waals surface area contributed by atoms with E-state index in [1.165, 1.54) is 0 Å². The smallest absolute Gasteiger partial charge is 0.312 e. The summed E-state index contributed by atoms with van der Waals surface area (Å²) in [6.45, 7) is 2.50. The van der Waals surface area contributed by atoms with E-state index in [-0.39, 0.29) is 19.0 Å². The van der Waals surface area contributed by atoms with Gasteiger partial charge in [-0.1, -0.05) is 30.3 Å². The molecule has 9 heteroatoms. The van der Waals surface area contributed by atoms with E-state index in [0.717, 1.165) is 22.3 Å². The Balaban J connectivity index is 1.20. The number of rotatable bonds is 6. The number of carbonyl (C=O) groups is 3. The molecule has 4 rings (SSSR count). The Morgan fingerprint density at radius 2 is 1.64 bits per heavy atom. The van der Waals surface area contributed by atoms with Gasteiger partial charge in [0.25, 0.3) is 5.91 Å². The third-order valence-corrected chi connectivity index (χ3v) is 5.66. The number of aromatic nitrogens is 1. The van der Waals surface area contributed by atoms with E-state index in [4.69, 9.17) is 4.74 Å². The second kappa shape index (κ2) is 10.1. The van der Waals surface area contributed by atoms with E-state index < -0.39 is 11.8 Å². The second-order valence-corrected chi connectivity index (χ2v) is 7.73. The van der Waals surface area contributed by atoms with Crippen LogP contribution >= 0.6 is 0 Å². The molecule has 0 spiro atoms. The molecule has 9 nitrogen and oxygen atoms in total. The Hall–Kier alpha value is -4.01. The molecule has 1 aliphatic rings. The zero-order valence-electron chi connectivity index (χ0n) is 18.5. The molecule has 3 N–H and O–H groups in total. The molecule has 3 amide bonds. The summed E-state index contributed by atoms with van der Waals surface area (Å²) in [6, 6.07) is 17.1. The van der Waals surface area contributed by atoms with Crippen molar-refractivity contribution in [1.29, 1.82) is 0 Å². The lowest BCUT2D eigenvalue weighted by atomic mass is 10.2. The molecule has 3 aromatic rings. The Kier molecular flexibility index (Phi) is 6.77. The van der Waals surface area contributed by atoms with Gasteiger partial charge in [0, 0.05) is 50.2 Å². The number of aromatic amines is 1. The molecule has 0 atom stereocenters. The summed E-state index contributed by atoms with van der Waals surface area (Å²) in [6.07, 6.45) is 0. The molecule has 2 heterocycles. The van der Waals surface area contributed by atoms with Crippen LogP contribution in [0.15, 0.2) is 54.6 Å². The van der Waals surface area contributed by atoms with Gasteiger partial charge in [0.1, 0.15) is 11.4 Å². The SMILES string of the molecule is COc1ccccc1N1CCN(C(=O)C(=O)NCCNC(=O)c2cc3ccccc3[nH]2)CC1. The van der Waals surface area contributed by atoms with Crippen molar-refractivity contribution in [3.63, 3.8) is 0 Å². The van der Waals surface area contributed by atoms with Crippen molar-refractivity contribution in [2.24, 2.45) is 0 Å². The van der Waals surface area contributed by atoms with Gasteiger partial charge in [-0.15, -0.1) is 0 Å². The lowest BCUT2D eigenvalue weighted by Gasteiger charge is -2.36. The van der Waals surface area contributed by atoms with Crippen LogP contribution in [0.1, 0.15) is 10.5 Å². The molecule has 0 bridgehead atoms. The normalized spacial score (nSPS) is 13.6. The fraction of sp³-hybridized carbons (Fsp3) is 0.292. The number of methoxy groups -OCH3 is 1. The third-order valence-electron chi connectivity index (χ3n) is 5.66. The first-order chi connectivity index (χ1) is 16.1. The van der Waals surface area contributed by atoms with E-state index in [1.54, 1.807) is 18.1 Å². The second-order valence-electron chi connectivity index (χ2n) is 7.73. The number of anilines is 1. The summed E-state index contributed by atoms with van der Waals surface area (Å²) >= 11 is 0. The summed E-state index contributed by atoms with van der Waals surface area (Å²) in [4.78, 5) is 43.8. The number of nitrogens with one attached hydrogen (secondary N) is 3. The lowest BCUT2D eigenvalue weighted by molar-refractivity contribution is -0.146. The summed E-state index contributed by atoms with van der Waals surface area (Å²) in [5, 5.41) is 6.28. The maximum absolute atomic E-state index is 12.5.